The Bertz CT molecular complexity index is 364. The molecule has 0 amide bonds. The van der Waals surface area contributed by atoms with Gasteiger partial charge in [-0.3, -0.25) is 4.98 Å². The third-order valence-electron chi connectivity index (χ3n) is 3.35. The molecule has 94 valence electrons. The zero-order chi connectivity index (χ0) is 12.5. The molecule has 1 N–H and O–H groups in total. The fourth-order valence-electron chi connectivity index (χ4n) is 2.22. The first kappa shape index (κ1) is 12.4. The van der Waals surface area contributed by atoms with Gasteiger partial charge in [-0.15, -0.1) is 0 Å². The van der Waals surface area contributed by atoms with Gasteiger partial charge >= 0.3 is 0 Å². The molecule has 1 saturated heterocycles. The van der Waals surface area contributed by atoms with Crippen LogP contribution in [0.2, 0.25) is 0 Å². The average Bonchev–Trinajstić information content (AvgIpc) is 2.29. The van der Waals surface area contributed by atoms with Gasteiger partial charge in [-0.1, -0.05) is 20.8 Å². The third kappa shape index (κ3) is 2.78. The quantitative estimate of drug-likeness (QED) is 0.806. The standard InChI is InChI=1S/C14H23N3/c1-11-9-15-7-8-17(11)12-5-6-13(16-10-12)14(2,3)4/h5-6,10-11,15H,7-9H2,1-4H3. The van der Waals surface area contributed by atoms with Crippen LogP contribution in [0.25, 0.3) is 0 Å². The summed E-state index contributed by atoms with van der Waals surface area (Å²) >= 11 is 0. The highest BCUT2D eigenvalue weighted by atomic mass is 15.2. The van der Waals surface area contributed by atoms with Gasteiger partial charge in [-0.05, 0) is 19.1 Å². The number of nitrogens with one attached hydrogen (secondary N) is 1. The summed E-state index contributed by atoms with van der Waals surface area (Å²) in [6, 6.07) is 4.91. The van der Waals surface area contributed by atoms with Gasteiger partial charge in [0.1, 0.15) is 0 Å². The van der Waals surface area contributed by atoms with E-state index in [1.807, 2.05) is 6.20 Å². The molecule has 0 aliphatic carbocycles. The van der Waals surface area contributed by atoms with Crippen molar-refractivity contribution in [1.82, 2.24) is 10.3 Å². The van der Waals surface area contributed by atoms with Crippen LogP contribution in [0.15, 0.2) is 18.3 Å². The topological polar surface area (TPSA) is 28.2 Å². The molecule has 0 spiro atoms. The van der Waals surface area contributed by atoms with E-state index < -0.39 is 0 Å². The minimum Gasteiger partial charge on any atom is -0.365 e. The smallest absolute Gasteiger partial charge is 0.0556 e. The highest BCUT2D eigenvalue weighted by Gasteiger charge is 2.20. The molecule has 17 heavy (non-hydrogen) atoms. The molecule has 3 heteroatoms. The Morgan fingerprint density at radius 3 is 2.65 bits per heavy atom. The fraction of sp³-hybridized carbons (Fsp3) is 0.643. The maximum Gasteiger partial charge on any atom is 0.0556 e. The minimum absolute atomic E-state index is 0.133. The molecule has 1 fully saturated rings. The molecule has 1 atom stereocenters. The largest absolute Gasteiger partial charge is 0.365 e. The first-order valence-corrected chi connectivity index (χ1v) is 6.42. The second-order valence-electron chi connectivity index (χ2n) is 5.90. The van der Waals surface area contributed by atoms with Gasteiger partial charge in [-0.25, -0.2) is 0 Å². The second kappa shape index (κ2) is 4.65. The summed E-state index contributed by atoms with van der Waals surface area (Å²) < 4.78 is 0. The summed E-state index contributed by atoms with van der Waals surface area (Å²) in [5.41, 5.74) is 2.53. The molecular formula is C14H23N3. The summed E-state index contributed by atoms with van der Waals surface area (Å²) in [5.74, 6) is 0. The van der Waals surface area contributed by atoms with E-state index in [-0.39, 0.29) is 5.41 Å². The SMILES string of the molecule is CC1CNCCN1c1ccc(C(C)(C)C)nc1. The van der Waals surface area contributed by atoms with Gasteiger partial charge < -0.3 is 10.2 Å². The van der Waals surface area contributed by atoms with Crippen molar-refractivity contribution in [3.05, 3.63) is 24.0 Å². The molecule has 3 nitrogen and oxygen atoms in total. The van der Waals surface area contributed by atoms with Gasteiger partial charge in [0, 0.05) is 36.8 Å². The van der Waals surface area contributed by atoms with Crippen LogP contribution in [0.1, 0.15) is 33.4 Å². The summed E-state index contributed by atoms with van der Waals surface area (Å²) in [4.78, 5) is 7.02. The predicted molar refractivity (Wildman–Crippen MR) is 72.6 cm³/mol. The Hall–Kier alpha value is -1.09. The molecule has 1 aliphatic rings. The van der Waals surface area contributed by atoms with Crippen LogP contribution in [0.3, 0.4) is 0 Å². The number of hydrogen-bond donors (Lipinski definition) is 1. The lowest BCUT2D eigenvalue weighted by molar-refractivity contribution is 0.499. The molecule has 1 aromatic heterocycles. The fourth-order valence-corrected chi connectivity index (χ4v) is 2.22. The van der Waals surface area contributed by atoms with Gasteiger partial charge in [0.05, 0.1) is 11.9 Å². The highest BCUT2D eigenvalue weighted by molar-refractivity contribution is 5.46. The van der Waals surface area contributed by atoms with Crippen LogP contribution in [0, 0.1) is 0 Å². The molecule has 1 aromatic rings. The summed E-state index contributed by atoms with van der Waals surface area (Å²) in [5, 5.41) is 3.41. The maximum atomic E-state index is 4.60. The maximum absolute atomic E-state index is 4.60. The average molecular weight is 233 g/mol. The molecule has 0 radical (unpaired) electrons. The number of pyridine rings is 1. The van der Waals surface area contributed by atoms with Crippen LogP contribution in [0.4, 0.5) is 5.69 Å². The van der Waals surface area contributed by atoms with E-state index in [4.69, 9.17) is 0 Å². The van der Waals surface area contributed by atoms with E-state index in [9.17, 15) is 0 Å². The lowest BCUT2D eigenvalue weighted by Crippen LogP contribution is -2.50. The van der Waals surface area contributed by atoms with Crippen LogP contribution < -0.4 is 10.2 Å². The van der Waals surface area contributed by atoms with Crippen molar-refractivity contribution < 1.29 is 0 Å². The van der Waals surface area contributed by atoms with Crippen molar-refractivity contribution in [3.63, 3.8) is 0 Å². The van der Waals surface area contributed by atoms with E-state index in [2.05, 4.69) is 55.0 Å². The number of piperazine rings is 1. The number of hydrogen-bond acceptors (Lipinski definition) is 3. The number of rotatable bonds is 1. The normalized spacial score (nSPS) is 21.6. The molecule has 0 bridgehead atoms. The molecule has 2 rings (SSSR count). The third-order valence-corrected chi connectivity index (χ3v) is 3.35. The Balaban J connectivity index is 2.17. The molecule has 1 aliphatic heterocycles. The van der Waals surface area contributed by atoms with E-state index in [0.717, 1.165) is 25.3 Å². The zero-order valence-corrected chi connectivity index (χ0v) is 11.3. The van der Waals surface area contributed by atoms with Gasteiger partial charge in [0.2, 0.25) is 0 Å². The van der Waals surface area contributed by atoms with Crippen molar-refractivity contribution >= 4 is 5.69 Å². The number of aromatic nitrogens is 1. The van der Waals surface area contributed by atoms with Gasteiger partial charge in [0.15, 0.2) is 0 Å². The zero-order valence-electron chi connectivity index (χ0n) is 11.3. The van der Waals surface area contributed by atoms with Gasteiger partial charge in [-0.2, -0.15) is 0 Å². The monoisotopic (exact) mass is 233 g/mol. The van der Waals surface area contributed by atoms with E-state index >= 15 is 0 Å². The Morgan fingerprint density at radius 2 is 2.12 bits per heavy atom. The van der Waals surface area contributed by atoms with Crippen molar-refractivity contribution in [2.75, 3.05) is 24.5 Å². The molecule has 2 heterocycles. The predicted octanol–water partition coefficient (Wildman–Crippen LogP) is 2.18. The first-order valence-electron chi connectivity index (χ1n) is 6.42. The van der Waals surface area contributed by atoms with Crippen molar-refractivity contribution in [2.24, 2.45) is 0 Å². The second-order valence-corrected chi connectivity index (χ2v) is 5.90. The lowest BCUT2D eigenvalue weighted by Gasteiger charge is -2.35. The van der Waals surface area contributed by atoms with E-state index in [0.29, 0.717) is 6.04 Å². The first-order chi connectivity index (χ1) is 7.98. The minimum atomic E-state index is 0.133. The van der Waals surface area contributed by atoms with Crippen LogP contribution in [-0.2, 0) is 5.41 Å². The summed E-state index contributed by atoms with van der Waals surface area (Å²) in [6.45, 7) is 12.0. The van der Waals surface area contributed by atoms with Crippen LogP contribution in [-0.4, -0.2) is 30.7 Å². The molecule has 0 aromatic carbocycles. The highest BCUT2D eigenvalue weighted by Crippen LogP contribution is 2.23. The lowest BCUT2D eigenvalue weighted by atomic mass is 9.91. The number of nitrogens with zero attached hydrogens (tertiary/aromatic N) is 2. The van der Waals surface area contributed by atoms with Gasteiger partial charge in [0.25, 0.3) is 0 Å². The van der Waals surface area contributed by atoms with Crippen molar-refractivity contribution in [3.8, 4) is 0 Å². The summed E-state index contributed by atoms with van der Waals surface area (Å²) in [7, 11) is 0. The molecule has 1 unspecified atom stereocenters. The van der Waals surface area contributed by atoms with E-state index in [1.54, 1.807) is 0 Å². The Kier molecular flexibility index (Phi) is 3.38. The van der Waals surface area contributed by atoms with Crippen LogP contribution in [0.5, 0.6) is 0 Å². The molecule has 0 saturated carbocycles. The Labute approximate surface area is 104 Å². The number of anilines is 1. The van der Waals surface area contributed by atoms with Crippen molar-refractivity contribution in [2.45, 2.75) is 39.2 Å². The van der Waals surface area contributed by atoms with Crippen LogP contribution >= 0.6 is 0 Å². The molecular weight excluding hydrogens is 210 g/mol. The summed E-state index contributed by atoms with van der Waals surface area (Å²) in [6.07, 6.45) is 2.02. The van der Waals surface area contributed by atoms with E-state index in [1.165, 1.54) is 5.69 Å². The Morgan fingerprint density at radius 1 is 1.35 bits per heavy atom. The van der Waals surface area contributed by atoms with Crippen molar-refractivity contribution in [1.29, 1.82) is 0 Å².